The van der Waals surface area contributed by atoms with Crippen LogP contribution in [-0.2, 0) is 50.3 Å². The fraction of sp³-hybridized carbons (Fsp3) is 0.867. The van der Waals surface area contributed by atoms with Gasteiger partial charge in [0, 0.05) is 28.3 Å². The molecule has 0 radical (unpaired) electrons. The molecule has 7 heteroatoms. The maximum atomic E-state index is 12.4. The van der Waals surface area contributed by atoms with Gasteiger partial charge in [0.15, 0.2) is 0 Å². The van der Waals surface area contributed by atoms with Crippen LogP contribution in [0.1, 0.15) is 47.0 Å². The van der Waals surface area contributed by atoms with E-state index < -0.39 is 17.5 Å². The van der Waals surface area contributed by atoms with E-state index in [2.05, 4.69) is 0 Å². The number of carbonyl (C=O) groups excluding carboxylic acids is 2. The van der Waals surface area contributed by atoms with Crippen LogP contribution < -0.4 is 0 Å². The first-order valence-corrected chi connectivity index (χ1v) is 7.65. The molecular weight excluding hydrogens is 324 g/mol. The van der Waals surface area contributed by atoms with Gasteiger partial charge in [0.1, 0.15) is 6.61 Å². The van der Waals surface area contributed by atoms with Crippen molar-refractivity contribution in [3.05, 3.63) is 0 Å². The number of hydrogen-bond acceptors (Lipinski definition) is 6. The topological polar surface area (TPSA) is 71.1 Å². The van der Waals surface area contributed by atoms with Gasteiger partial charge in [-0.2, -0.15) is 0 Å². The number of esters is 1. The molecule has 0 saturated carbocycles. The minimum atomic E-state index is -2.00. The third kappa shape index (κ3) is 7.83. The molecular formula is C15H28O6Ti. The van der Waals surface area contributed by atoms with Gasteiger partial charge in [-0.1, -0.05) is 20.8 Å². The maximum Gasteiger partial charge on any atom is 0.375 e. The van der Waals surface area contributed by atoms with Crippen molar-refractivity contribution in [2.75, 3.05) is 33.0 Å². The zero-order valence-electron chi connectivity index (χ0n) is 14.1. The van der Waals surface area contributed by atoms with Crippen LogP contribution in [-0.4, -0.2) is 50.6 Å². The Bertz CT molecular complexity index is 300. The van der Waals surface area contributed by atoms with Gasteiger partial charge in [0.2, 0.25) is 5.78 Å². The minimum Gasteiger partial charge on any atom is -0.462 e. The molecule has 0 aromatic carbocycles. The second-order valence-electron chi connectivity index (χ2n) is 4.51. The molecule has 0 bridgehead atoms. The maximum absolute atomic E-state index is 12.4. The summed E-state index contributed by atoms with van der Waals surface area (Å²) in [5.74, 6) is -3.37. The van der Waals surface area contributed by atoms with Gasteiger partial charge in [-0.15, -0.1) is 0 Å². The van der Waals surface area contributed by atoms with E-state index in [1.165, 1.54) is 0 Å². The van der Waals surface area contributed by atoms with Crippen LogP contribution in [0.15, 0.2) is 0 Å². The molecule has 0 spiro atoms. The van der Waals surface area contributed by atoms with E-state index >= 15 is 0 Å². The molecule has 0 aromatic rings. The van der Waals surface area contributed by atoms with Crippen LogP contribution in [0, 0.1) is 0 Å². The van der Waals surface area contributed by atoms with Crippen molar-refractivity contribution in [3.8, 4) is 0 Å². The first kappa shape index (κ1) is 24.0. The summed E-state index contributed by atoms with van der Waals surface area (Å²) in [6.07, 6.45) is 2.09. The van der Waals surface area contributed by atoms with E-state index in [0.717, 1.165) is 6.42 Å². The molecule has 0 amide bonds. The van der Waals surface area contributed by atoms with Gasteiger partial charge in [0.25, 0.3) is 0 Å². The van der Waals surface area contributed by atoms with Crippen molar-refractivity contribution in [1.29, 1.82) is 0 Å². The molecule has 0 aliphatic heterocycles. The van der Waals surface area contributed by atoms with Crippen molar-refractivity contribution < 1.29 is 50.3 Å². The average molecular weight is 352 g/mol. The van der Waals surface area contributed by atoms with Gasteiger partial charge in [-0.05, 0) is 26.2 Å². The molecule has 0 fully saturated rings. The predicted octanol–water partition coefficient (Wildman–Crippen LogP) is 2.09. The van der Waals surface area contributed by atoms with Crippen molar-refractivity contribution in [3.63, 3.8) is 0 Å². The zero-order chi connectivity index (χ0) is 16.1. The number of ketones is 1. The summed E-state index contributed by atoms with van der Waals surface area (Å²) < 4.78 is 21.1. The fourth-order valence-corrected chi connectivity index (χ4v) is 1.56. The summed E-state index contributed by atoms with van der Waals surface area (Å²) in [5.41, 5.74) is 0. The van der Waals surface area contributed by atoms with E-state index in [0.29, 0.717) is 19.4 Å². The van der Waals surface area contributed by atoms with Crippen LogP contribution in [0.2, 0.25) is 0 Å². The molecule has 0 rings (SSSR count). The van der Waals surface area contributed by atoms with Gasteiger partial charge in [-0.25, -0.2) is 4.79 Å². The van der Waals surface area contributed by atoms with Crippen molar-refractivity contribution in [2.24, 2.45) is 0 Å². The predicted molar refractivity (Wildman–Crippen MR) is 78.0 cm³/mol. The summed E-state index contributed by atoms with van der Waals surface area (Å²) in [5, 5.41) is 0. The number of ether oxygens (including phenoxy) is 4. The smallest absolute Gasteiger partial charge is 0.375 e. The first-order chi connectivity index (χ1) is 10.1. The Labute approximate surface area is 148 Å². The summed E-state index contributed by atoms with van der Waals surface area (Å²) in [7, 11) is 0. The van der Waals surface area contributed by atoms with Gasteiger partial charge >= 0.3 is 11.8 Å². The Balaban J connectivity index is 0. The minimum absolute atomic E-state index is 0. The van der Waals surface area contributed by atoms with E-state index in [1.807, 2.05) is 20.8 Å². The van der Waals surface area contributed by atoms with Gasteiger partial charge < -0.3 is 18.9 Å². The quantitative estimate of drug-likeness (QED) is 0.166. The second-order valence-corrected chi connectivity index (χ2v) is 4.51. The largest absolute Gasteiger partial charge is 0.462 e. The Kier molecular flexibility index (Phi) is 15.6. The first-order valence-electron chi connectivity index (χ1n) is 7.65. The summed E-state index contributed by atoms with van der Waals surface area (Å²) in [6, 6.07) is 0. The van der Waals surface area contributed by atoms with Crippen LogP contribution in [0.5, 0.6) is 0 Å². The fourth-order valence-electron chi connectivity index (χ4n) is 1.56. The molecule has 0 aromatic heterocycles. The summed E-state index contributed by atoms with van der Waals surface area (Å²) in [4.78, 5) is 24.6. The molecule has 0 saturated heterocycles. The zero-order valence-corrected chi connectivity index (χ0v) is 15.7. The van der Waals surface area contributed by atoms with Crippen LogP contribution >= 0.6 is 0 Å². The van der Waals surface area contributed by atoms with Gasteiger partial charge in [0.05, 0.1) is 19.8 Å². The molecule has 0 aliphatic rings. The standard InChI is InChI=1S/C15H28O6.Ti/c1-5-9-18-12-13(16)15(20-10-6-2,21-11-7-3)14(17)19-8-4;/h5-12H2,1-4H3;. The molecule has 0 unspecified atom stereocenters. The normalized spacial score (nSPS) is 10.9. The van der Waals surface area contributed by atoms with Crippen LogP contribution in [0.3, 0.4) is 0 Å². The van der Waals surface area contributed by atoms with E-state index in [9.17, 15) is 9.59 Å². The van der Waals surface area contributed by atoms with Crippen LogP contribution in [0.25, 0.3) is 0 Å². The van der Waals surface area contributed by atoms with E-state index in [4.69, 9.17) is 18.9 Å². The monoisotopic (exact) mass is 352 g/mol. The van der Waals surface area contributed by atoms with Crippen molar-refractivity contribution in [1.82, 2.24) is 0 Å². The van der Waals surface area contributed by atoms with Crippen molar-refractivity contribution in [2.45, 2.75) is 52.7 Å². The number of carbonyl (C=O) groups is 2. The Morgan fingerprint density at radius 1 is 0.864 bits per heavy atom. The molecule has 0 atom stereocenters. The van der Waals surface area contributed by atoms with Crippen molar-refractivity contribution >= 4 is 11.8 Å². The average Bonchev–Trinajstić information content (AvgIpc) is 2.48. The molecule has 0 heterocycles. The Morgan fingerprint density at radius 2 is 1.36 bits per heavy atom. The third-order valence-electron chi connectivity index (χ3n) is 2.51. The summed E-state index contributed by atoms with van der Waals surface area (Å²) >= 11 is 0. The molecule has 22 heavy (non-hydrogen) atoms. The molecule has 128 valence electrons. The summed E-state index contributed by atoms with van der Waals surface area (Å²) in [6.45, 7) is 8.16. The Hall–Kier alpha value is -0.266. The molecule has 0 N–H and O–H groups in total. The second kappa shape index (κ2) is 14.3. The molecule has 6 nitrogen and oxygen atoms in total. The number of hydrogen-bond donors (Lipinski definition) is 0. The number of rotatable bonds is 13. The molecule has 0 aliphatic carbocycles. The van der Waals surface area contributed by atoms with Crippen LogP contribution in [0.4, 0.5) is 0 Å². The number of Topliss-reactive ketones (excluding diaryl/α,β-unsaturated/α-hetero) is 1. The van der Waals surface area contributed by atoms with Gasteiger partial charge in [-0.3, -0.25) is 4.79 Å². The van der Waals surface area contributed by atoms with E-state index in [-0.39, 0.29) is 48.1 Å². The SMILES string of the molecule is CCCOCC(=O)C(OCCC)(OCCC)C(=O)OCC.[Ti]. The Morgan fingerprint density at radius 3 is 1.77 bits per heavy atom. The third-order valence-corrected chi connectivity index (χ3v) is 2.51. The van der Waals surface area contributed by atoms with E-state index in [1.54, 1.807) is 6.92 Å².